The summed E-state index contributed by atoms with van der Waals surface area (Å²) in [6.07, 6.45) is 9.74. The van der Waals surface area contributed by atoms with Crippen LogP contribution < -0.4 is 4.90 Å². The van der Waals surface area contributed by atoms with E-state index in [-0.39, 0.29) is 0 Å². The Kier molecular flexibility index (Phi) is 6.34. The number of nitrogens with zero attached hydrogens (tertiary/aromatic N) is 4. The van der Waals surface area contributed by atoms with E-state index in [1.54, 1.807) is 0 Å². The summed E-state index contributed by atoms with van der Waals surface area (Å²) in [7, 11) is 0. The second-order valence-corrected chi connectivity index (χ2v) is 9.97. The Balaban J connectivity index is 0.994. The molecule has 6 rings (SSSR count). The molecule has 1 aliphatic carbocycles. The van der Waals surface area contributed by atoms with E-state index in [9.17, 15) is 0 Å². The van der Waals surface area contributed by atoms with Crippen LogP contribution in [0.3, 0.4) is 0 Å². The summed E-state index contributed by atoms with van der Waals surface area (Å²) >= 11 is 0. The van der Waals surface area contributed by atoms with Crippen molar-refractivity contribution in [1.82, 2.24) is 15.1 Å². The quantitative estimate of drug-likeness (QED) is 0.493. The van der Waals surface area contributed by atoms with E-state index in [1.807, 2.05) is 30.3 Å². The highest BCUT2D eigenvalue weighted by Crippen LogP contribution is 2.30. The number of ether oxygens (including phenoxy) is 1. The van der Waals surface area contributed by atoms with Crippen LogP contribution in [0.4, 0.5) is 5.69 Å². The van der Waals surface area contributed by atoms with Crippen LogP contribution in [-0.4, -0.2) is 59.5 Å². The normalized spacial score (nSPS) is 21.0. The van der Waals surface area contributed by atoms with Gasteiger partial charge in [0.25, 0.3) is 0 Å². The lowest BCUT2D eigenvalue weighted by atomic mass is 9.89. The number of hydrogen-bond donors (Lipinski definition) is 0. The SMILES string of the molecule is c1ccc(-c2nnc(-c3ccc(N4CCC(OC5CCN(C6CCC6)CC5)CC4)cc3)o2)cc1. The maximum Gasteiger partial charge on any atom is 0.248 e. The van der Waals surface area contributed by atoms with Crippen molar-refractivity contribution >= 4 is 5.69 Å². The van der Waals surface area contributed by atoms with E-state index in [2.05, 4.69) is 44.3 Å². The molecule has 0 unspecified atom stereocenters. The molecule has 0 atom stereocenters. The van der Waals surface area contributed by atoms with Gasteiger partial charge >= 0.3 is 0 Å². The molecule has 0 amide bonds. The lowest BCUT2D eigenvalue weighted by molar-refractivity contribution is -0.0598. The molecular weight excluding hydrogens is 424 g/mol. The van der Waals surface area contributed by atoms with Crippen molar-refractivity contribution < 1.29 is 9.15 Å². The number of hydrogen-bond acceptors (Lipinski definition) is 6. The molecular formula is C28H34N4O2. The Hall–Kier alpha value is -2.70. The van der Waals surface area contributed by atoms with Crippen LogP contribution in [0.2, 0.25) is 0 Å². The predicted octanol–water partition coefficient (Wildman–Crippen LogP) is 5.41. The van der Waals surface area contributed by atoms with Crippen LogP contribution in [0.5, 0.6) is 0 Å². The number of likely N-dealkylation sites (tertiary alicyclic amines) is 1. The molecule has 1 saturated carbocycles. The zero-order valence-corrected chi connectivity index (χ0v) is 19.8. The molecule has 6 heteroatoms. The molecule has 3 aromatic rings. The van der Waals surface area contributed by atoms with Crippen LogP contribution in [0, 0.1) is 0 Å². The van der Waals surface area contributed by atoms with Crippen molar-refractivity contribution in [2.45, 2.75) is 63.2 Å². The summed E-state index contributed by atoms with van der Waals surface area (Å²) in [4.78, 5) is 5.17. The highest BCUT2D eigenvalue weighted by atomic mass is 16.5. The first-order valence-electron chi connectivity index (χ1n) is 13.0. The fraction of sp³-hybridized carbons (Fsp3) is 0.500. The summed E-state index contributed by atoms with van der Waals surface area (Å²) in [5.41, 5.74) is 3.13. The predicted molar refractivity (Wildman–Crippen MR) is 134 cm³/mol. The minimum Gasteiger partial charge on any atom is -0.416 e. The average molecular weight is 459 g/mol. The summed E-state index contributed by atoms with van der Waals surface area (Å²) < 4.78 is 12.4. The topological polar surface area (TPSA) is 54.6 Å². The minimum absolute atomic E-state index is 0.408. The molecule has 3 aliphatic rings. The Bertz CT molecular complexity index is 1050. The molecule has 2 aliphatic heterocycles. The van der Waals surface area contributed by atoms with Gasteiger partial charge in [0.15, 0.2) is 0 Å². The zero-order valence-electron chi connectivity index (χ0n) is 19.8. The fourth-order valence-electron chi connectivity index (χ4n) is 5.50. The van der Waals surface area contributed by atoms with Gasteiger partial charge in [-0.3, -0.25) is 0 Å². The maximum atomic E-state index is 6.53. The van der Waals surface area contributed by atoms with Crippen molar-refractivity contribution in [2.75, 3.05) is 31.1 Å². The van der Waals surface area contributed by atoms with Gasteiger partial charge in [0, 0.05) is 49.0 Å². The van der Waals surface area contributed by atoms with Crippen molar-refractivity contribution in [1.29, 1.82) is 0 Å². The first-order chi connectivity index (χ1) is 16.8. The van der Waals surface area contributed by atoms with Crippen molar-refractivity contribution in [2.24, 2.45) is 0 Å². The van der Waals surface area contributed by atoms with Gasteiger partial charge in [0.05, 0.1) is 12.2 Å². The summed E-state index contributed by atoms with van der Waals surface area (Å²) in [6, 6.07) is 19.2. The fourth-order valence-corrected chi connectivity index (χ4v) is 5.50. The van der Waals surface area contributed by atoms with E-state index >= 15 is 0 Å². The summed E-state index contributed by atoms with van der Waals surface area (Å²) in [5, 5.41) is 8.45. The number of benzene rings is 2. The largest absolute Gasteiger partial charge is 0.416 e. The second-order valence-electron chi connectivity index (χ2n) is 9.97. The number of rotatable bonds is 6. The van der Waals surface area contributed by atoms with Crippen molar-refractivity contribution in [3.05, 3.63) is 54.6 Å². The average Bonchev–Trinajstić information content (AvgIpc) is 3.36. The highest BCUT2D eigenvalue weighted by molar-refractivity contribution is 5.61. The van der Waals surface area contributed by atoms with Gasteiger partial charge in [0.1, 0.15) is 0 Å². The third-order valence-electron chi connectivity index (χ3n) is 7.82. The van der Waals surface area contributed by atoms with Crippen LogP contribution in [0.25, 0.3) is 22.9 Å². The Labute approximate surface area is 201 Å². The first kappa shape index (κ1) is 21.8. The van der Waals surface area contributed by atoms with Crippen molar-refractivity contribution in [3.63, 3.8) is 0 Å². The van der Waals surface area contributed by atoms with Crippen molar-refractivity contribution in [3.8, 4) is 22.9 Å². The van der Waals surface area contributed by atoms with Crippen LogP contribution >= 0.6 is 0 Å². The Morgan fingerprint density at radius 2 is 1.26 bits per heavy atom. The molecule has 3 heterocycles. The molecule has 1 aromatic heterocycles. The van der Waals surface area contributed by atoms with E-state index in [0.29, 0.717) is 24.0 Å². The van der Waals surface area contributed by atoms with Gasteiger partial charge in [-0.05, 0) is 74.9 Å². The van der Waals surface area contributed by atoms with Gasteiger partial charge < -0.3 is 19.0 Å². The standard InChI is InChI=1S/C28H34N4O2/c1-2-5-21(6-3-1)27-29-30-28(34-27)22-9-11-24(12-10-22)32-19-15-26(16-20-32)33-25-13-17-31(18-14-25)23-7-4-8-23/h1-3,5-6,9-12,23,25-26H,4,7-8,13-20H2. The van der Waals surface area contributed by atoms with E-state index in [1.165, 1.54) is 50.9 Å². The van der Waals surface area contributed by atoms with Crippen LogP contribution in [0.15, 0.2) is 59.0 Å². The molecule has 0 radical (unpaired) electrons. The van der Waals surface area contributed by atoms with E-state index < -0.39 is 0 Å². The zero-order chi connectivity index (χ0) is 22.7. The van der Waals surface area contributed by atoms with E-state index in [0.717, 1.165) is 43.1 Å². The van der Waals surface area contributed by atoms with Gasteiger partial charge in [0.2, 0.25) is 11.8 Å². The molecule has 2 saturated heterocycles. The van der Waals surface area contributed by atoms with Gasteiger partial charge in [-0.25, -0.2) is 0 Å². The molecule has 178 valence electrons. The smallest absolute Gasteiger partial charge is 0.248 e. The van der Waals surface area contributed by atoms with Gasteiger partial charge in [-0.1, -0.05) is 24.6 Å². The highest BCUT2D eigenvalue weighted by Gasteiger charge is 2.30. The number of piperidine rings is 2. The molecule has 6 nitrogen and oxygen atoms in total. The monoisotopic (exact) mass is 458 g/mol. The molecule has 34 heavy (non-hydrogen) atoms. The van der Waals surface area contributed by atoms with Crippen LogP contribution in [0.1, 0.15) is 44.9 Å². The Morgan fingerprint density at radius 3 is 1.85 bits per heavy atom. The molecule has 3 fully saturated rings. The first-order valence-corrected chi connectivity index (χ1v) is 13.0. The number of aromatic nitrogens is 2. The Morgan fingerprint density at radius 1 is 0.676 bits per heavy atom. The lowest BCUT2D eigenvalue weighted by Crippen LogP contribution is -2.47. The summed E-state index contributed by atoms with van der Waals surface area (Å²) in [6.45, 7) is 4.55. The third-order valence-corrected chi connectivity index (χ3v) is 7.82. The second kappa shape index (κ2) is 9.88. The van der Waals surface area contributed by atoms with E-state index in [4.69, 9.17) is 9.15 Å². The summed E-state index contributed by atoms with van der Waals surface area (Å²) in [5.74, 6) is 1.11. The molecule has 0 spiro atoms. The molecule has 2 aromatic carbocycles. The molecule has 0 N–H and O–H groups in total. The van der Waals surface area contributed by atoms with Crippen LogP contribution in [-0.2, 0) is 4.74 Å². The van der Waals surface area contributed by atoms with Gasteiger partial charge in [-0.2, -0.15) is 0 Å². The minimum atomic E-state index is 0.408. The maximum absolute atomic E-state index is 6.53. The number of anilines is 1. The molecule has 0 bridgehead atoms. The lowest BCUT2D eigenvalue weighted by Gasteiger charge is -2.43. The third kappa shape index (κ3) is 4.75. The van der Waals surface area contributed by atoms with Gasteiger partial charge in [-0.15, -0.1) is 10.2 Å².